The molecule has 1 aromatic rings. The average molecular weight is 808 g/mol. The van der Waals surface area contributed by atoms with Crippen molar-refractivity contribution in [3.63, 3.8) is 0 Å². The highest BCUT2D eigenvalue weighted by Gasteiger charge is 2.25. The van der Waals surface area contributed by atoms with Crippen molar-refractivity contribution in [3.05, 3.63) is 35.9 Å². The Morgan fingerprint density at radius 1 is 0.632 bits per heavy atom. The lowest BCUT2D eigenvalue weighted by Gasteiger charge is -2.24. The summed E-state index contributed by atoms with van der Waals surface area (Å²) in [7, 11) is 0. The van der Waals surface area contributed by atoms with Crippen LogP contribution in [0.2, 0.25) is 0 Å². The van der Waals surface area contributed by atoms with Gasteiger partial charge in [0.1, 0.15) is 18.2 Å². The van der Waals surface area contributed by atoms with Gasteiger partial charge in [-0.15, -0.1) is 0 Å². The fourth-order valence-corrected chi connectivity index (χ4v) is 5.10. The first-order valence-corrected chi connectivity index (χ1v) is 19.3. The summed E-state index contributed by atoms with van der Waals surface area (Å²) < 4.78 is 10.7. The molecular formula is C38H61N7O12. The second kappa shape index (κ2) is 28.7. The number of nitrogens with one attached hydrogen (secondary N) is 6. The zero-order valence-corrected chi connectivity index (χ0v) is 33.3. The highest BCUT2D eigenvalue weighted by atomic mass is 16.6. The van der Waals surface area contributed by atoms with E-state index in [1.807, 2.05) is 6.07 Å². The van der Waals surface area contributed by atoms with Gasteiger partial charge in [0.25, 0.3) is 0 Å². The second-order valence-electron chi connectivity index (χ2n) is 14.1. The van der Waals surface area contributed by atoms with Crippen LogP contribution < -0.4 is 31.9 Å². The van der Waals surface area contributed by atoms with Crippen molar-refractivity contribution in [3.8, 4) is 0 Å². The third kappa shape index (κ3) is 27.6. The van der Waals surface area contributed by atoms with Crippen molar-refractivity contribution in [2.45, 2.75) is 110 Å². The molecule has 1 unspecified atom stereocenters. The number of hydrogen-bond acceptors (Lipinski definition) is 10. The Morgan fingerprint density at radius 2 is 1.12 bits per heavy atom. The molecule has 0 aliphatic rings. The molecule has 320 valence electrons. The van der Waals surface area contributed by atoms with Crippen molar-refractivity contribution in [2.75, 3.05) is 45.8 Å². The largest absolute Gasteiger partial charge is 0.465 e. The normalized spacial score (nSPS) is 11.3. The quantitative estimate of drug-likeness (QED) is 0.0449. The number of rotatable bonds is 28. The minimum Gasteiger partial charge on any atom is -0.465 e. The lowest BCUT2D eigenvalue weighted by molar-refractivity contribution is -0.149. The van der Waals surface area contributed by atoms with E-state index in [1.54, 1.807) is 45.0 Å². The maximum absolute atomic E-state index is 13.6. The molecule has 0 aliphatic carbocycles. The summed E-state index contributed by atoms with van der Waals surface area (Å²) in [5.41, 5.74) is 0.0851. The van der Waals surface area contributed by atoms with Crippen molar-refractivity contribution in [1.82, 2.24) is 36.8 Å². The summed E-state index contributed by atoms with van der Waals surface area (Å²) in [6.45, 7) is 6.23. The number of benzene rings is 1. The number of hydrogen-bond donors (Lipinski definition) is 8. The average Bonchev–Trinajstić information content (AvgIpc) is 3.13. The number of carbonyl (C=O) groups excluding carboxylic acids is 6. The molecule has 0 bridgehead atoms. The van der Waals surface area contributed by atoms with Crippen LogP contribution in [0, 0.1) is 0 Å². The fourth-order valence-electron chi connectivity index (χ4n) is 5.10. The molecule has 0 aromatic heterocycles. The number of amides is 7. The summed E-state index contributed by atoms with van der Waals surface area (Å²) in [6, 6.07) is 7.79. The fraction of sp³-hybridized carbons (Fsp3) is 0.632. The van der Waals surface area contributed by atoms with E-state index in [9.17, 15) is 38.4 Å². The van der Waals surface area contributed by atoms with E-state index in [0.29, 0.717) is 38.5 Å². The number of carboxylic acid groups (broad SMARTS) is 2. The number of unbranched alkanes of at least 4 members (excludes halogenated alkanes) is 3. The van der Waals surface area contributed by atoms with Crippen LogP contribution in [-0.2, 0) is 40.1 Å². The third-order valence-corrected chi connectivity index (χ3v) is 7.96. The van der Waals surface area contributed by atoms with E-state index >= 15 is 0 Å². The molecule has 8 N–H and O–H groups in total. The van der Waals surface area contributed by atoms with Gasteiger partial charge in [-0.25, -0.2) is 19.2 Å². The summed E-state index contributed by atoms with van der Waals surface area (Å²) in [4.78, 5) is 98.9. The van der Waals surface area contributed by atoms with Gasteiger partial charge in [-0.3, -0.25) is 19.2 Å². The van der Waals surface area contributed by atoms with Crippen molar-refractivity contribution in [1.29, 1.82) is 0 Å². The van der Waals surface area contributed by atoms with Crippen LogP contribution in [0.3, 0.4) is 0 Å². The highest BCUT2D eigenvalue weighted by Crippen LogP contribution is 2.10. The van der Waals surface area contributed by atoms with Gasteiger partial charge in [-0.2, -0.15) is 0 Å². The standard InChI is InChI=1S/C38H61N7O12/c1-38(2,3)57-37(55)43-22-12-9-17-32(48)44-29(34(50)56-27-28-13-5-4-6-14-28)18-19-33(49)45(25-23-39-30(46)15-7-10-20-41-35(51)52)26-24-40-31(47)16-8-11-21-42-36(53)54/h4-6,13-14,29,41-42H,7-12,15-27H2,1-3H3,(H,39,46)(H,40,47)(H,43,55)(H,44,48)(H,51,52)(H,53,54). The van der Waals surface area contributed by atoms with Gasteiger partial charge in [0.15, 0.2) is 0 Å². The molecule has 0 spiro atoms. The summed E-state index contributed by atoms with van der Waals surface area (Å²) in [5, 5.41) is 32.6. The van der Waals surface area contributed by atoms with Gasteiger partial charge in [0.05, 0.1) is 0 Å². The van der Waals surface area contributed by atoms with Crippen LogP contribution in [0.5, 0.6) is 0 Å². The van der Waals surface area contributed by atoms with Crippen LogP contribution in [0.25, 0.3) is 0 Å². The van der Waals surface area contributed by atoms with Gasteiger partial charge < -0.3 is 56.5 Å². The van der Waals surface area contributed by atoms with E-state index < -0.39 is 47.7 Å². The molecule has 1 atom stereocenters. The van der Waals surface area contributed by atoms with Crippen LogP contribution >= 0.6 is 0 Å². The molecule has 7 amide bonds. The molecule has 1 rings (SSSR count). The van der Waals surface area contributed by atoms with Gasteiger partial charge >= 0.3 is 24.2 Å². The molecule has 19 heteroatoms. The highest BCUT2D eigenvalue weighted by molar-refractivity contribution is 5.85. The maximum Gasteiger partial charge on any atom is 0.407 e. The first kappa shape index (κ1) is 49.4. The molecule has 0 saturated carbocycles. The molecule has 19 nitrogen and oxygen atoms in total. The Kier molecular flexibility index (Phi) is 24.9. The monoisotopic (exact) mass is 807 g/mol. The SMILES string of the molecule is CC(C)(C)OC(=O)NCCCCC(=O)NC(CCC(=O)N(CCNC(=O)CCCCNC(=O)O)CCNC(=O)CCCCNC(=O)O)C(=O)OCc1ccccc1. The Balaban J connectivity index is 2.85. The minimum absolute atomic E-state index is 0.0457. The summed E-state index contributed by atoms with van der Waals surface area (Å²) >= 11 is 0. The minimum atomic E-state index is -1.16. The zero-order chi connectivity index (χ0) is 42.5. The molecular weight excluding hydrogens is 746 g/mol. The lowest BCUT2D eigenvalue weighted by atomic mass is 10.1. The van der Waals surface area contributed by atoms with Crippen LogP contribution in [0.15, 0.2) is 30.3 Å². The molecule has 1 aromatic carbocycles. The topological polar surface area (TPSA) is 271 Å². The van der Waals surface area contributed by atoms with E-state index in [2.05, 4.69) is 31.9 Å². The first-order chi connectivity index (χ1) is 27.1. The van der Waals surface area contributed by atoms with Crippen LogP contribution in [-0.4, -0.2) is 120 Å². The molecule has 0 radical (unpaired) electrons. The third-order valence-electron chi connectivity index (χ3n) is 7.96. The Labute approximate surface area is 333 Å². The Bertz CT molecular complexity index is 1380. The van der Waals surface area contributed by atoms with Crippen LogP contribution in [0.1, 0.15) is 97.0 Å². The number of carbonyl (C=O) groups is 8. The van der Waals surface area contributed by atoms with Crippen molar-refractivity contribution < 1.29 is 58.0 Å². The molecule has 0 heterocycles. The maximum atomic E-state index is 13.6. The molecule has 57 heavy (non-hydrogen) atoms. The lowest BCUT2D eigenvalue weighted by Crippen LogP contribution is -2.45. The zero-order valence-electron chi connectivity index (χ0n) is 33.3. The number of alkyl carbamates (subject to hydrolysis) is 1. The van der Waals surface area contributed by atoms with E-state index in [1.165, 1.54) is 4.90 Å². The molecule has 0 fully saturated rings. The summed E-state index contributed by atoms with van der Waals surface area (Å²) in [6.07, 6.45) is -0.0770. The van der Waals surface area contributed by atoms with Gasteiger partial charge in [-0.1, -0.05) is 30.3 Å². The van der Waals surface area contributed by atoms with Crippen molar-refractivity contribution >= 4 is 47.9 Å². The van der Waals surface area contributed by atoms with Gasteiger partial charge in [-0.05, 0) is 71.3 Å². The Hall–Kier alpha value is -5.62. The molecule has 0 saturated heterocycles. The first-order valence-electron chi connectivity index (χ1n) is 19.3. The smallest absolute Gasteiger partial charge is 0.407 e. The van der Waals surface area contributed by atoms with Gasteiger partial charge in [0, 0.05) is 71.5 Å². The van der Waals surface area contributed by atoms with Crippen molar-refractivity contribution in [2.24, 2.45) is 0 Å². The second-order valence-corrected chi connectivity index (χ2v) is 14.1. The predicted octanol–water partition coefficient (Wildman–Crippen LogP) is 2.63. The van der Waals surface area contributed by atoms with Gasteiger partial charge in [0.2, 0.25) is 23.6 Å². The summed E-state index contributed by atoms with van der Waals surface area (Å²) in [5.74, 6) is -2.14. The predicted molar refractivity (Wildman–Crippen MR) is 208 cm³/mol. The van der Waals surface area contributed by atoms with E-state index in [0.717, 1.165) is 5.56 Å². The number of ether oxygens (including phenoxy) is 2. The molecule has 0 aliphatic heterocycles. The van der Waals surface area contributed by atoms with Crippen LogP contribution in [0.4, 0.5) is 14.4 Å². The number of esters is 1. The Morgan fingerprint density at radius 3 is 1.61 bits per heavy atom. The number of nitrogens with zero attached hydrogens (tertiary/aromatic N) is 1. The van der Waals surface area contributed by atoms with E-state index in [-0.39, 0.29) is 96.3 Å². The van der Waals surface area contributed by atoms with E-state index in [4.69, 9.17) is 19.7 Å².